The number of nitrogens with two attached hydrogens (primary N) is 1. The van der Waals surface area contributed by atoms with Gasteiger partial charge in [-0.25, -0.2) is 4.98 Å². The first kappa shape index (κ1) is 15.4. The number of carbonyl (C=O) groups excluding carboxylic acids is 2. The Morgan fingerprint density at radius 3 is 2.68 bits per heavy atom. The van der Waals surface area contributed by atoms with Crippen LogP contribution in [-0.4, -0.2) is 42.0 Å². The quantitative estimate of drug-likeness (QED) is 0.798. The molecule has 1 heterocycles. The van der Waals surface area contributed by atoms with Gasteiger partial charge < -0.3 is 15.4 Å². The van der Waals surface area contributed by atoms with Crippen LogP contribution in [0.2, 0.25) is 0 Å². The Hall–Kier alpha value is -1.63. The third-order valence-electron chi connectivity index (χ3n) is 2.43. The number of esters is 1. The lowest BCUT2D eigenvalue weighted by molar-refractivity contribution is -0.140. The third-order valence-corrected chi connectivity index (χ3v) is 3.10. The van der Waals surface area contributed by atoms with Gasteiger partial charge in [0.05, 0.1) is 13.5 Å². The zero-order valence-corrected chi connectivity index (χ0v) is 12.2. The van der Waals surface area contributed by atoms with E-state index in [1.54, 1.807) is 10.3 Å². The standard InChI is InChI=1S/C12H19N3O3S/c1-8(2)6-15(5-4-10(16)18-3)11(17)9-7-19-12(13)14-9/h7-8H,4-6H2,1-3H3,(H2,13,14). The highest BCUT2D eigenvalue weighted by molar-refractivity contribution is 7.13. The summed E-state index contributed by atoms with van der Waals surface area (Å²) in [7, 11) is 1.33. The minimum atomic E-state index is -0.334. The van der Waals surface area contributed by atoms with Gasteiger partial charge in [-0.3, -0.25) is 9.59 Å². The van der Waals surface area contributed by atoms with Crippen molar-refractivity contribution in [3.05, 3.63) is 11.1 Å². The van der Waals surface area contributed by atoms with Gasteiger partial charge in [0.1, 0.15) is 5.69 Å². The van der Waals surface area contributed by atoms with Crippen LogP contribution >= 0.6 is 11.3 Å². The molecule has 0 unspecified atom stereocenters. The number of nitrogen functional groups attached to an aromatic ring is 1. The van der Waals surface area contributed by atoms with Crippen LogP contribution in [0.25, 0.3) is 0 Å². The number of hydrogen-bond donors (Lipinski definition) is 1. The highest BCUT2D eigenvalue weighted by Gasteiger charge is 2.20. The molecule has 0 aliphatic heterocycles. The average molecular weight is 285 g/mol. The van der Waals surface area contributed by atoms with Crippen LogP contribution < -0.4 is 5.73 Å². The number of nitrogens with zero attached hydrogens (tertiary/aromatic N) is 2. The van der Waals surface area contributed by atoms with Crippen LogP contribution in [0, 0.1) is 5.92 Å². The number of ether oxygens (including phenoxy) is 1. The molecular weight excluding hydrogens is 266 g/mol. The largest absolute Gasteiger partial charge is 0.469 e. The van der Waals surface area contributed by atoms with Gasteiger partial charge in [-0.15, -0.1) is 11.3 Å². The second kappa shape index (κ2) is 7.08. The fourth-order valence-corrected chi connectivity index (χ4v) is 2.13. The monoisotopic (exact) mass is 285 g/mol. The molecule has 0 aromatic carbocycles. The smallest absolute Gasteiger partial charge is 0.307 e. The molecule has 106 valence electrons. The van der Waals surface area contributed by atoms with E-state index < -0.39 is 0 Å². The Bertz CT molecular complexity index is 445. The molecule has 0 saturated carbocycles. The van der Waals surface area contributed by atoms with Crippen LogP contribution in [-0.2, 0) is 9.53 Å². The van der Waals surface area contributed by atoms with E-state index in [2.05, 4.69) is 9.72 Å². The van der Waals surface area contributed by atoms with Gasteiger partial charge in [0.2, 0.25) is 0 Å². The van der Waals surface area contributed by atoms with Crippen molar-refractivity contribution in [2.45, 2.75) is 20.3 Å². The van der Waals surface area contributed by atoms with Crippen molar-refractivity contribution in [1.29, 1.82) is 0 Å². The fourth-order valence-electron chi connectivity index (χ4n) is 1.59. The van der Waals surface area contributed by atoms with Gasteiger partial charge in [0, 0.05) is 18.5 Å². The molecule has 0 bridgehead atoms. The third kappa shape index (κ3) is 4.86. The van der Waals surface area contributed by atoms with Crippen molar-refractivity contribution < 1.29 is 14.3 Å². The van der Waals surface area contributed by atoms with Crippen molar-refractivity contribution in [1.82, 2.24) is 9.88 Å². The highest BCUT2D eigenvalue weighted by Crippen LogP contribution is 2.14. The Balaban J connectivity index is 2.72. The minimum absolute atomic E-state index is 0.175. The van der Waals surface area contributed by atoms with Gasteiger partial charge in [0.15, 0.2) is 5.13 Å². The summed E-state index contributed by atoms with van der Waals surface area (Å²) in [5, 5.41) is 1.99. The predicted octanol–water partition coefficient (Wildman–Crippen LogP) is 1.39. The second-order valence-corrected chi connectivity index (χ2v) is 5.43. The van der Waals surface area contributed by atoms with Gasteiger partial charge in [-0.2, -0.15) is 0 Å². The minimum Gasteiger partial charge on any atom is -0.469 e. The van der Waals surface area contributed by atoms with E-state index in [4.69, 9.17) is 5.73 Å². The molecule has 1 aromatic heterocycles. The Morgan fingerprint density at radius 1 is 1.53 bits per heavy atom. The van der Waals surface area contributed by atoms with Crippen LogP contribution in [0.3, 0.4) is 0 Å². The SMILES string of the molecule is COC(=O)CCN(CC(C)C)C(=O)c1csc(N)n1. The molecule has 0 aliphatic rings. The maximum atomic E-state index is 12.3. The lowest BCUT2D eigenvalue weighted by Crippen LogP contribution is -2.36. The van der Waals surface area contributed by atoms with E-state index >= 15 is 0 Å². The summed E-state index contributed by atoms with van der Waals surface area (Å²) in [6, 6.07) is 0. The molecule has 1 amide bonds. The van der Waals surface area contributed by atoms with E-state index in [0.717, 1.165) is 0 Å². The number of amides is 1. The van der Waals surface area contributed by atoms with Crippen LogP contribution in [0.1, 0.15) is 30.8 Å². The van der Waals surface area contributed by atoms with Crippen molar-refractivity contribution in [2.24, 2.45) is 5.92 Å². The van der Waals surface area contributed by atoms with Crippen LogP contribution in [0.15, 0.2) is 5.38 Å². The molecule has 19 heavy (non-hydrogen) atoms. The summed E-state index contributed by atoms with van der Waals surface area (Å²) < 4.78 is 4.58. The van der Waals surface area contributed by atoms with Crippen LogP contribution in [0.5, 0.6) is 0 Å². The summed E-state index contributed by atoms with van der Waals surface area (Å²) in [4.78, 5) is 29.0. The van der Waals surface area contributed by atoms with E-state index in [0.29, 0.717) is 29.8 Å². The number of anilines is 1. The summed E-state index contributed by atoms with van der Waals surface area (Å²) in [5.74, 6) is -0.234. The topological polar surface area (TPSA) is 85.5 Å². The predicted molar refractivity (Wildman–Crippen MR) is 73.9 cm³/mol. The zero-order chi connectivity index (χ0) is 14.4. The molecular formula is C12H19N3O3S. The summed E-state index contributed by atoms with van der Waals surface area (Å²) in [6.07, 6.45) is 0.175. The molecule has 0 fully saturated rings. The lowest BCUT2D eigenvalue weighted by atomic mass is 10.2. The molecule has 1 aromatic rings. The molecule has 6 nitrogen and oxygen atoms in total. The van der Waals surface area contributed by atoms with Crippen molar-refractivity contribution in [3.8, 4) is 0 Å². The van der Waals surface area contributed by atoms with Crippen molar-refractivity contribution >= 4 is 28.3 Å². The summed E-state index contributed by atoms with van der Waals surface area (Å²) in [5.41, 5.74) is 5.85. The molecule has 0 radical (unpaired) electrons. The first-order valence-corrected chi connectivity index (χ1v) is 6.89. The van der Waals surface area contributed by atoms with Gasteiger partial charge in [0.25, 0.3) is 5.91 Å². The summed E-state index contributed by atoms with van der Waals surface area (Å²) >= 11 is 1.23. The summed E-state index contributed by atoms with van der Waals surface area (Å²) in [6.45, 7) is 4.90. The number of rotatable bonds is 6. The first-order valence-electron chi connectivity index (χ1n) is 6.01. The highest BCUT2D eigenvalue weighted by atomic mass is 32.1. The molecule has 0 atom stereocenters. The maximum absolute atomic E-state index is 12.3. The molecule has 0 aliphatic carbocycles. The number of methoxy groups -OCH3 is 1. The molecule has 2 N–H and O–H groups in total. The second-order valence-electron chi connectivity index (χ2n) is 4.54. The Kier molecular flexibility index (Phi) is 5.75. The Morgan fingerprint density at radius 2 is 2.21 bits per heavy atom. The van der Waals surface area contributed by atoms with E-state index in [9.17, 15) is 9.59 Å². The van der Waals surface area contributed by atoms with Crippen LogP contribution in [0.4, 0.5) is 5.13 Å². The van der Waals surface area contributed by atoms with Gasteiger partial charge >= 0.3 is 5.97 Å². The van der Waals surface area contributed by atoms with E-state index in [1.165, 1.54) is 18.4 Å². The van der Waals surface area contributed by atoms with E-state index in [-0.39, 0.29) is 18.3 Å². The number of carbonyl (C=O) groups is 2. The fraction of sp³-hybridized carbons (Fsp3) is 0.583. The van der Waals surface area contributed by atoms with E-state index in [1.807, 2.05) is 13.8 Å². The molecule has 0 spiro atoms. The molecule has 0 saturated heterocycles. The molecule has 7 heteroatoms. The number of thiazole rings is 1. The maximum Gasteiger partial charge on any atom is 0.307 e. The average Bonchev–Trinajstić information content (AvgIpc) is 2.79. The van der Waals surface area contributed by atoms with Gasteiger partial charge in [-0.05, 0) is 5.92 Å². The Labute approximate surface area is 116 Å². The number of aromatic nitrogens is 1. The number of hydrogen-bond acceptors (Lipinski definition) is 6. The lowest BCUT2D eigenvalue weighted by Gasteiger charge is -2.23. The molecule has 1 rings (SSSR count). The van der Waals surface area contributed by atoms with Gasteiger partial charge in [-0.1, -0.05) is 13.8 Å². The van der Waals surface area contributed by atoms with Crippen molar-refractivity contribution in [3.63, 3.8) is 0 Å². The zero-order valence-electron chi connectivity index (χ0n) is 11.4. The first-order chi connectivity index (χ1) is 8.93. The van der Waals surface area contributed by atoms with Crippen molar-refractivity contribution in [2.75, 3.05) is 25.9 Å². The normalized spacial score (nSPS) is 10.5.